The van der Waals surface area contributed by atoms with E-state index >= 15 is 0 Å². The monoisotopic (exact) mass is 367 g/mol. The van der Waals surface area contributed by atoms with Gasteiger partial charge in [0, 0.05) is 16.5 Å². The van der Waals surface area contributed by atoms with Crippen molar-refractivity contribution >= 4 is 22.7 Å². The fraction of sp³-hybridized carbons (Fsp3) is 0.200. The van der Waals surface area contributed by atoms with Crippen molar-refractivity contribution in [2.45, 2.75) is 13.3 Å². The predicted octanol–water partition coefficient (Wildman–Crippen LogP) is 5.05. The standard InChI is InChI=1S/C20H21N3O2S/c1-3-12-25-19-16(10-7-11-18(19)24-2)13-21-23-20-22-17(14-26-20)15-8-5-4-6-9-15/h4-11,13-14H,3,12H2,1-2H3,(H,22,23)/b21-13-. The Balaban J connectivity index is 1.72. The van der Waals surface area contributed by atoms with Gasteiger partial charge in [-0.05, 0) is 18.6 Å². The van der Waals surface area contributed by atoms with Gasteiger partial charge in [-0.2, -0.15) is 5.10 Å². The lowest BCUT2D eigenvalue weighted by molar-refractivity contribution is 0.294. The maximum atomic E-state index is 5.82. The van der Waals surface area contributed by atoms with E-state index in [1.165, 1.54) is 11.3 Å². The minimum absolute atomic E-state index is 0.627. The number of nitrogens with one attached hydrogen (secondary N) is 1. The van der Waals surface area contributed by atoms with Gasteiger partial charge in [-0.3, -0.25) is 5.43 Å². The van der Waals surface area contributed by atoms with Crippen LogP contribution in [0.2, 0.25) is 0 Å². The normalized spacial score (nSPS) is 10.8. The van der Waals surface area contributed by atoms with Crippen molar-refractivity contribution in [3.8, 4) is 22.8 Å². The summed E-state index contributed by atoms with van der Waals surface area (Å²) in [7, 11) is 1.63. The molecule has 5 nitrogen and oxygen atoms in total. The fourth-order valence-corrected chi connectivity index (χ4v) is 3.05. The van der Waals surface area contributed by atoms with Gasteiger partial charge >= 0.3 is 0 Å². The summed E-state index contributed by atoms with van der Waals surface area (Å²) < 4.78 is 11.2. The van der Waals surface area contributed by atoms with Gasteiger partial charge in [0.25, 0.3) is 0 Å². The molecule has 0 bridgehead atoms. The van der Waals surface area contributed by atoms with Crippen LogP contribution in [0.4, 0.5) is 5.13 Å². The van der Waals surface area contributed by atoms with Gasteiger partial charge in [-0.1, -0.05) is 43.3 Å². The molecule has 0 radical (unpaired) electrons. The molecule has 1 heterocycles. The number of benzene rings is 2. The summed E-state index contributed by atoms with van der Waals surface area (Å²) in [5.41, 5.74) is 5.86. The zero-order valence-electron chi connectivity index (χ0n) is 14.8. The Labute approximate surface area is 157 Å². The second-order valence-electron chi connectivity index (χ2n) is 5.50. The second kappa shape index (κ2) is 9.01. The molecule has 134 valence electrons. The van der Waals surface area contributed by atoms with Gasteiger partial charge in [0.2, 0.25) is 5.13 Å². The van der Waals surface area contributed by atoms with E-state index in [0.29, 0.717) is 18.1 Å². The smallest absolute Gasteiger partial charge is 0.203 e. The van der Waals surface area contributed by atoms with Crippen LogP contribution in [0.1, 0.15) is 18.9 Å². The van der Waals surface area contributed by atoms with Gasteiger partial charge in [-0.15, -0.1) is 11.3 Å². The number of anilines is 1. The maximum Gasteiger partial charge on any atom is 0.203 e. The van der Waals surface area contributed by atoms with Crippen molar-refractivity contribution in [3.63, 3.8) is 0 Å². The zero-order valence-corrected chi connectivity index (χ0v) is 15.6. The first-order chi connectivity index (χ1) is 12.8. The maximum absolute atomic E-state index is 5.82. The van der Waals surface area contributed by atoms with Crippen molar-refractivity contribution in [2.24, 2.45) is 5.10 Å². The molecule has 0 aliphatic heterocycles. The molecule has 0 atom stereocenters. The molecule has 1 aromatic heterocycles. The van der Waals surface area contributed by atoms with E-state index in [1.807, 2.05) is 53.9 Å². The molecular formula is C20H21N3O2S. The van der Waals surface area contributed by atoms with Crippen LogP contribution in [0, 0.1) is 0 Å². The number of para-hydroxylation sites is 1. The number of hydrogen-bond acceptors (Lipinski definition) is 6. The molecule has 0 aliphatic rings. The Morgan fingerprint density at radius 1 is 1.15 bits per heavy atom. The molecule has 3 rings (SSSR count). The molecule has 0 spiro atoms. The van der Waals surface area contributed by atoms with Crippen LogP contribution < -0.4 is 14.9 Å². The molecule has 26 heavy (non-hydrogen) atoms. The van der Waals surface area contributed by atoms with Crippen LogP contribution in [0.25, 0.3) is 11.3 Å². The molecule has 1 N–H and O–H groups in total. The summed E-state index contributed by atoms with van der Waals surface area (Å²) in [6, 6.07) is 15.8. The first-order valence-electron chi connectivity index (χ1n) is 8.41. The van der Waals surface area contributed by atoms with Gasteiger partial charge in [0.05, 0.1) is 25.6 Å². The first kappa shape index (κ1) is 17.9. The molecule has 0 amide bonds. The van der Waals surface area contributed by atoms with Crippen molar-refractivity contribution in [3.05, 3.63) is 59.5 Å². The number of nitrogens with zero attached hydrogens (tertiary/aromatic N) is 2. The van der Waals surface area contributed by atoms with Crippen molar-refractivity contribution in [1.29, 1.82) is 0 Å². The van der Waals surface area contributed by atoms with Gasteiger partial charge in [-0.25, -0.2) is 4.98 Å². The van der Waals surface area contributed by atoms with Crippen LogP contribution in [-0.4, -0.2) is 24.9 Å². The highest BCUT2D eigenvalue weighted by Crippen LogP contribution is 2.30. The molecule has 0 fully saturated rings. The largest absolute Gasteiger partial charge is 0.493 e. The highest BCUT2D eigenvalue weighted by Gasteiger charge is 2.09. The van der Waals surface area contributed by atoms with Crippen LogP contribution in [0.3, 0.4) is 0 Å². The summed E-state index contributed by atoms with van der Waals surface area (Å²) in [6.07, 6.45) is 2.64. The van der Waals surface area contributed by atoms with E-state index in [2.05, 4.69) is 22.4 Å². The molecule has 2 aromatic carbocycles. The summed E-state index contributed by atoms with van der Waals surface area (Å²) in [5.74, 6) is 1.40. The van der Waals surface area contributed by atoms with E-state index in [0.717, 1.165) is 28.4 Å². The van der Waals surface area contributed by atoms with Crippen LogP contribution >= 0.6 is 11.3 Å². The van der Waals surface area contributed by atoms with Crippen LogP contribution in [0.5, 0.6) is 11.5 Å². The number of thiazole rings is 1. The number of ether oxygens (including phenoxy) is 2. The van der Waals surface area contributed by atoms with E-state index < -0.39 is 0 Å². The average molecular weight is 367 g/mol. The molecule has 0 saturated heterocycles. The fourth-order valence-electron chi connectivity index (χ4n) is 2.38. The Hall–Kier alpha value is -2.86. The van der Waals surface area contributed by atoms with Gasteiger partial charge < -0.3 is 9.47 Å². The highest BCUT2D eigenvalue weighted by atomic mass is 32.1. The van der Waals surface area contributed by atoms with Crippen molar-refractivity contribution < 1.29 is 9.47 Å². The number of methoxy groups -OCH3 is 1. The number of hydrazone groups is 1. The van der Waals surface area contributed by atoms with E-state index in [4.69, 9.17) is 9.47 Å². The minimum atomic E-state index is 0.627. The molecule has 6 heteroatoms. The molecule has 0 unspecified atom stereocenters. The van der Waals surface area contributed by atoms with E-state index in [1.54, 1.807) is 13.3 Å². The third kappa shape index (κ3) is 4.40. The number of hydrogen-bond donors (Lipinski definition) is 1. The predicted molar refractivity (Wildman–Crippen MR) is 108 cm³/mol. The lowest BCUT2D eigenvalue weighted by Gasteiger charge is -2.12. The van der Waals surface area contributed by atoms with Gasteiger partial charge in [0.1, 0.15) is 0 Å². The molecule has 0 aliphatic carbocycles. The third-order valence-corrected chi connectivity index (χ3v) is 4.36. The highest BCUT2D eigenvalue weighted by molar-refractivity contribution is 7.14. The molecule has 3 aromatic rings. The quantitative estimate of drug-likeness (QED) is 0.447. The van der Waals surface area contributed by atoms with E-state index in [9.17, 15) is 0 Å². The number of rotatable bonds is 8. The Kier molecular flexibility index (Phi) is 6.22. The van der Waals surface area contributed by atoms with Crippen LogP contribution in [0.15, 0.2) is 59.0 Å². The lowest BCUT2D eigenvalue weighted by atomic mass is 10.2. The lowest BCUT2D eigenvalue weighted by Crippen LogP contribution is -2.01. The second-order valence-corrected chi connectivity index (χ2v) is 6.36. The zero-order chi connectivity index (χ0) is 18.2. The molecule has 0 saturated carbocycles. The van der Waals surface area contributed by atoms with Crippen LogP contribution in [-0.2, 0) is 0 Å². The summed E-state index contributed by atoms with van der Waals surface area (Å²) in [5, 5.41) is 7.04. The molecular weight excluding hydrogens is 346 g/mol. The SMILES string of the molecule is CCCOc1c(/C=N\Nc2nc(-c3ccccc3)cs2)cccc1OC. The first-order valence-corrected chi connectivity index (χ1v) is 9.29. The Morgan fingerprint density at radius 2 is 2.00 bits per heavy atom. The van der Waals surface area contributed by atoms with Crippen molar-refractivity contribution in [1.82, 2.24) is 4.98 Å². The topological polar surface area (TPSA) is 55.7 Å². The minimum Gasteiger partial charge on any atom is -0.493 e. The summed E-state index contributed by atoms with van der Waals surface area (Å²) in [4.78, 5) is 4.56. The Morgan fingerprint density at radius 3 is 2.77 bits per heavy atom. The van der Waals surface area contributed by atoms with E-state index in [-0.39, 0.29) is 0 Å². The third-order valence-electron chi connectivity index (χ3n) is 3.62. The summed E-state index contributed by atoms with van der Waals surface area (Å²) >= 11 is 1.51. The van der Waals surface area contributed by atoms with Crippen molar-refractivity contribution in [2.75, 3.05) is 19.1 Å². The summed E-state index contributed by atoms with van der Waals surface area (Å²) in [6.45, 7) is 2.69. The number of aromatic nitrogens is 1. The van der Waals surface area contributed by atoms with Gasteiger partial charge in [0.15, 0.2) is 11.5 Å². The average Bonchev–Trinajstić information content (AvgIpc) is 3.16. The Bertz CT molecular complexity index is 863.